The average Bonchev–Trinajstić information content (AvgIpc) is 3.22. The molecule has 7 nitrogen and oxygen atoms in total. The van der Waals surface area contributed by atoms with E-state index in [4.69, 9.17) is 16.4 Å². The predicted octanol–water partition coefficient (Wildman–Crippen LogP) is 2.90. The molecule has 8 heteroatoms. The number of rotatable bonds is 5. The molecule has 0 spiro atoms. The number of aromatic nitrogens is 2. The van der Waals surface area contributed by atoms with Gasteiger partial charge in [0.2, 0.25) is 5.91 Å². The number of carbonyl (C=O) groups is 2. The number of carbonyl (C=O) groups excluding carboxylic acids is 2. The number of hydroxylamine groups is 2. The van der Waals surface area contributed by atoms with E-state index in [1.54, 1.807) is 23.0 Å². The van der Waals surface area contributed by atoms with Crippen molar-refractivity contribution in [3.05, 3.63) is 46.7 Å². The van der Waals surface area contributed by atoms with E-state index in [2.05, 4.69) is 10.4 Å². The summed E-state index contributed by atoms with van der Waals surface area (Å²) < 4.78 is 1.61. The maximum Gasteiger partial charge on any atom is 0.277 e. The van der Waals surface area contributed by atoms with E-state index in [0.29, 0.717) is 41.9 Å². The van der Waals surface area contributed by atoms with Crippen molar-refractivity contribution in [1.82, 2.24) is 14.8 Å². The van der Waals surface area contributed by atoms with Crippen LogP contribution < -0.4 is 5.32 Å². The minimum Gasteiger partial charge on any atom is -0.326 e. The molecule has 0 saturated carbocycles. The molecule has 0 radical (unpaired) electrons. The van der Waals surface area contributed by atoms with Crippen LogP contribution in [0.3, 0.4) is 0 Å². The van der Waals surface area contributed by atoms with E-state index >= 15 is 0 Å². The van der Waals surface area contributed by atoms with Crippen LogP contribution in [-0.4, -0.2) is 39.8 Å². The molecule has 1 aromatic carbocycles. The summed E-state index contributed by atoms with van der Waals surface area (Å²) in [5.74, 6) is -0.0363. The molecule has 1 aliphatic heterocycles. The average molecular weight is 377 g/mol. The molecule has 1 aliphatic rings. The molecule has 1 saturated heterocycles. The van der Waals surface area contributed by atoms with Crippen LogP contribution in [0.1, 0.15) is 29.3 Å². The van der Waals surface area contributed by atoms with Gasteiger partial charge in [0.25, 0.3) is 5.91 Å². The van der Waals surface area contributed by atoms with Gasteiger partial charge < -0.3 is 5.32 Å². The van der Waals surface area contributed by atoms with Gasteiger partial charge in [0.15, 0.2) is 0 Å². The lowest BCUT2D eigenvalue weighted by Crippen LogP contribution is -2.27. The standard InChI is InChI=1S/C18H21ClN4O3/c1-12-9-23(26-11-12)18(25)14-4-3-13(2)16(7-14)21-17(24)5-6-22-10-15(19)8-20-22/h3-4,7-8,10,12H,5-6,9,11H2,1-2H3,(H,21,24). The monoisotopic (exact) mass is 376 g/mol. The molecule has 2 heterocycles. The summed E-state index contributed by atoms with van der Waals surface area (Å²) in [5, 5.41) is 8.81. The highest BCUT2D eigenvalue weighted by atomic mass is 35.5. The third kappa shape index (κ3) is 4.42. The van der Waals surface area contributed by atoms with E-state index in [1.165, 1.54) is 11.3 Å². The maximum atomic E-state index is 12.5. The Kier molecular flexibility index (Phi) is 5.58. The first-order valence-electron chi connectivity index (χ1n) is 8.45. The molecule has 1 N–H and O–H groups in total. The summed E-state index contributed by atoms with van der Waals surface area (Å²) >= 11 is 5.81. The Morgan fingerprint density at radius 3 is 2.88 bits per heavy atom. The number of aryl methyl sites for hydroxylation is 2. The SMILES string of the molecule is Cc1ccc(C(=O)N2CC(C)CO2)cc1NC(=O)CCn1cc(Cl)cn1. The molecule has 138 valence electrons. The largest absolute Gasteiger partial charge is 0.326 e. The van der Waals surface area contributed by atoms with E-state index in [-0.39, 0.29) is 18.2 Å². The topological polar surface area (TPSA) is 76.5 Å². The normalized spacial score (nSPS) is 16.7. The van der Waals surface area contributed by atoms with E-state index < -0.39 is 0 Å². The molecule has 1 fully saturated rings. The van der Waals surface area contributed by atoms with E-state index in [0.717, 1.165) is 5.56 Å². The van der Waals surface area contributed by atoms with Gasteiger partial charge in [-0.3, -0.25) is 19.1 Å². The summed E-state index contributed by atoms with van der Waals surface area (Å²) in [6, 6.07) is 5.24. The summed E-state index contributed by atoms with van der Waals surface area (Å²) in [4.78, 5) is 30.1. The van der Waals surface area contributed by atoms with Crippen molar-refractivity contribution >= 4 is 29.1 Å². The van der Waals surface area contributed by atoms with Crippen molar-refractivity contribution in [1.29, 1.82) is 0 Å². The predicted molar refractivity (Wildman–Crippen MR) is 97.8 cm³/mol. The van der Waals surface area contributed by atoms with Gasteiger partial charge in [-0.05, 0) is 24.6 Å². The van der Waals surface area contributed by atoms with Crippen LogP contribution in [0, 0.1) is 12.8 Å². The second-order valence-electron chi connectivity index (χ2n) is 6.52. The summed E-state index contributed by atoms with van der Waals surface area (Å²) in [7, 11) is 0. The number of amides is 2. The van der Waals surface area contributed by atoms with E-state index in [1.807, 2.05) is 19.9 Å². The minimum absolute atomic E-state index is 0.157. The molecule has 1 aromatic heterocycles. The van der Waals surface area contributed by atoms with E-state index in [9.17, 15) is 9.59 Å². The third-order valence-electron chi connectivity index (χ3n) is 4.15. The molecule has 0 aliphatic carbocycles. The molecule has 1 unspecified atom stereocenters. The number of hydrogen-bond acceptors (Lipinski definition) is 4. The van der Waals surface area contributed by atoms with Gasteiger partial charge in [0.05, 0.1) is 24.4 Å². The number of benzene rings is 1. The Morgan fingerprint density at radius 2 is 2.23 bits per heavy atom. The van der Waals surface area contributed by atoms with Crippen molar-refractivity contribution in [2.24, 2.45) is 5.92 Å². The Labute approximate surface area is 156 Å². The first-order valence-corrected chi connectivity index (χ1v) is 8.83. The van der Waals surface area contributed by atoms with Gasteiger partial charge >= 0.3 is 0 Å². The highest BCUT2D eigenvalue weighted by Crippen LogP contribution is 2.21. The first kappa shape index (κ1) is 18.4. The van der Waals surface area contributed by atoms with Gasteiger partial charge in [0.1, 0.15) is 0 Å². The molecule has 2 amide bonds. The first-order chi connectivity index (χ1) is 12.4. The van der Waals surface area contributed by atoms with Crippen LogP contribution in [-0.2, 0) is 16.2 Å². The summed E-state index contributed by atoms with van der Waals surface area (Å²) in [6.45, 7) is 5.45. The zero-order valence-corrected chi connectivity index (χ0v) is 15.5. The molecule has 3 rings (SSSR count). The van der Waals surface area contributed by atoms with Crippen LogP contribution in [0.25, 0.3) is 0 Å². The lowest BCUT2D eigenvalue weighted by atomic mass is 10.1. The number of hydrogen-bond donors (Lipinski definition) is 1. The minimum atomic E-state index is -0.198. The number of anilines is 1. The van der Waals surface area contributed by atoms with Crippen LogP contribution in [0.2, 0.25) is 5.02 Å². The highest BCUT2D eigenvalue weighted by molar-refractivity contribution is 6.30. The van der Waals surface area contributed by atoms with Crippen LogP contribution in [0.5, 0.6) is 0 Å². The maximum absolute atomic E-state index is 12.5. The zero-order valence-electron chi connectivity index (χ0n) is 14.7. The molecule has 1 atom stereocenters. The van der Waals surface area contributed by atoms with Crippen molar-refractivity contribution in [2.75, 3.05) is 18.5 Å². The fraction of sp³-hybridized carbons (Fsp3) is 0.389. The smallest absolute Gasteiger partial charge is 0.277 e. The van der Waals surface area contributed by atoms with Crippen LogP contribution in [0.4, 0.5) is 5.69 Å². The van der Waals surface area contributed by atoms with Gasteiger partial charge in [0, 0.05) is 36.3 Å². The van der Waals surface area contributed by atoms with Gasteiger partial charge in [-0.15, -0.1) is 0 Å². The fourth-order valence-electron chi connectivity index (χ4n) is 2.67. The lowest BCUT2D eigenvalue weighted by Gasteiger charge is -2.16. The Hall–Kier alpha value is -2.38. The highest BCUT2D eigenvalue weighted by Gasteiger charge is 2.26. The van der Waals surface area contributed by atoms with Gasteiger partial charge in [-0.2, -0.15) is 5.10 Å². The van der Waals surface area contributed by atoms with Gasteiger partial charge in [-0.25, -0.2) is 5.06 Å². The Balaban J connectivity index is 1.63. The second-order valence-corrected chi connectivity index (χ2v) is 6.95. The van der Waals surface area contributed by atoms with Crippen LogP contribution >= 0.6 is 11.6 Å². The number of nitrogens with one attached hydrogen (secondary N) is 1. The quantitative estimate of drug-likeness (QED) is 0.870. The summed E-state index contributed by atoms with van der Waals surface area (Å²) in [6.07, 6.45) is 3.44. The zero-order chi connectivity index (χ0) is 18.7. The molecular weight excluding hydrogens is 356 g/mol. The van der Waals surface area contributed by atoms with Crippen LogP contribution in [0.15, 0.2) is 30.6 Å². The van der Waals surface area contributed by atoms with Crippen molar-refractivity contribution < 1.29 is 14.4 Å². The fourth-order valence-corrected chi connectivity index (χ4v) is 2.83. The van der Waals surface area contributed by atoms with Gasteiger partial charge in [-0.1, -0.05) is 24.6 Å². The third-order valence-corrected chi connectivity index (χ3v) is 4.34. The summed E-state index contributed by atoms with van der Waals surface area (Å²) in [5.41, 5.74) is 1.98. The van der Waals surface area contributed by atoms with Crippen molar-refractivity contribution in [3.8, 4) is 0 Å². The molecule has 26 heavy (non-hydrogen) atoms. The number of nitrogens with zero attached hydrogens (tertiary/aromatic N) is 3. The van der Waals surface area contributed by atoms with Crippen molar-refractivity contribution in [2.45, 2.75) is 26.8 Å². The Bertz CT molecular complexity index is 821. The van der Waals surface area contributed by atoms with Crippen molar-refractivity contribution in [3.63, 3.8) is 0 Å². The second kappa shape index (κ2) is 7.88. The molecule has 2 aromatic rings. The molecule has 0 bridgehead atoms. The number of halogens is 1. The Morgan fingerprint density at radius 1 is 1.42 bits per heavy atom. The lowest BCUT2D eigenvalue weighted by molar-refractivity contribution is -0.116. The molecular formula is C18H21ClN4O3.